The zero-order valence-electron chi connectivity index (χ0n) is 12.2. The van der Waals surface area contributed by atoms with E-state index in [1.54, 1.807) is 32.0 Å². The molecule has 0 atom stereocenters. The molecule has 0 amide bonds. The minimum absolute atomic E-state index is 0.0596. The maximum atomic E-state index is 12.2. The van der Waals surface area contributed by atoms with Crippen molar-refractivity contribution in [3.63, 3.8) is 0 Å². The molecule has 0 fully saturated rings. The maximum absolute atomic E-state index is 12.2. The van der Waals surface area contributed by atoms with Crippen molar-refractivity contribution in [2.45, 2.75) is 27.2 Å². The van der Waals surface area contributed by atoms with E-state index in [1.807, 2.05) is 0 Å². The topological polar surface area (TPSA) is 52.6 Å². The first-order chi connectivity index (χ1) is 9.85. The molecule has 0 unspecified atom stereocenters. The summed E-state index contributed by atoms with van der Waals surface area (Å²) in [5, 5.41) is 0.906. The Morgan fingerprint density at radius 2 is 1.62 bits per heavy atom. The lowest BCUT2D eigenvalue weighted by molar-refractivity contribution is -0.170. The molecule has 1 aromatic carbocycles. The van der Waals surface area contributed by atoms with Crippen LogP contribution in [0.5, 0.6) is 0 Å². The van der Waals surface area contributed by atoms with Crippen LogP contribution in [0.2, 0.25) is 10.0 Å². The Labute approximate surface area is 134 Å². The first kappa shape index (κ1) is 17.8. The van der Waals surface area contributed by atoms with Gasteiger partial charge < -0.3 is 9.47 Å². The summed E-state index contributed by atoms with van der Waals surface area (Å²) in [5.74, 6) is -1.28. The fraction of sp³-hybridized carbons (Fsp3) is 0.467. The zero-order chi connectivity index (χ0) is 16.0. The molecule has 0 bridgehead atoms. The summed E-state index contributed by atoms with van der Waals surface area (Å²) in [6.45, 7) is 5.19. The number of esters is 2. The fourth-order valence-electron chi connectivity index (χ4n) is 1.87. The number of ether oxygens (including phenoxy) is 2. The largest absolute Gasteiger partial charge is 0.465 e. The molecule has 0 N–H and O–H groups in total. The molecule has 4 nitrogen and oxygen atoms in total. The average Bonchev–Trinajstić information content (AvgIpc) is 2.43. The fourth-order valence-corrected chi connectivity index (χ4v) is 2.25. The van der Waals surface area contributed by atoms with Gasteiger partial charge in [-0.25, -0.2) is 0 Å². The van der Waals surface area contributed by atoms with Gasteiger partial charge in [-0.15, -0.1) is 0 Å². The first-order valence-corrected chi connectivity index (χ1v) is 7.39. The van der Waals surface area contributed by atoms with Crippen molar-refractivity contribution in [3.8, 4) is 0 Å². The van der Waals surface area contributed by atoms with Crippen LogP contribution in [0, 0.1) is 5.41 Å². The number of carbonyl (C=O) groups excluding carboxylic acids is 2. The van der Waals surface area contributed by atoms with Crippen molar-refractivity contribution in [1.82, 2.24) is 0 Å². The average molecular weight is 333 g/mol. The van der Waals surface area contributed by atoms with Crippen LogP contribution in [0.25, 0.3) is 0 Å². The van der Waals surface area contributed by atoms with E-state index in [-0.39, 0.29) is 19.6 Å². The van der Waals surface area contributed by atoms with E-state index in [4.69, 9.17) is 32.7 Å². The van der Waals surface area contributed by atoms with Crippen molar-refractivity contribution in [2.24, 2.45) is 5.41 Å². The SMILES string of the molecule is CCOC(=O)C(C)(Cc1cc(Cl)ccc1Cl)C(=O)OCC. The molecule has 0 heterocycles. The highest BCUT2D eigenvalue weighted by Gasteiger charge is 2.44. The van der Waals surface area contributed by atoms with Gasteiger partial charge in [0.1, 0.15) is 0 Å². The molecule has 0 saturated carbocycles. The van der Waals surface area contributed by atoms with Crippen LogP contribution in [0.1, 0.15) is 26.3 Å². The first-order valence-electron chi connectivity index (χ1n) is 6.63. The second-order valence-electron chi connectivity index (χ2n) is 4.69. The number of hydrogen-bond acceptors (Lipinski definition) is 4. The summed E-state index contributed by atoms with van der Waals surface area (Å²) >= 11 is 12.0. The smallest absolute Gasteiger partial charge is 0.323 e. The van der Waals surface area contributed by atoms with E-state index in [0.29, 0.717) is 15.6 Å². The number of rotatable bonds is 6. The highest BCUT2D eigenvalue weighted by molar-refractivity contribution is 6.33. The molecule has 1 aromatic rings. The Morgan fingerprint density at radius 3 is 2.10 bits per heavy atom. The van der Waals surface area contributed by atoms with E-state index in [1.165, 1.54) is 6.92 Å². The van der Waals surface area contributed by atoms with Gasteiger partial charge in [0.15, 0.2) is 5.41 Å². The summed E-state index contributed by atoms with van der Waals surface area (Å²) in [6, 6.07) is 4.88. The lowest BCUT2D eigenvalue weighted by Gasteiger charge is -2.25. The Morgan fingerprint density at radius 1 is 1.10 bits per heavy atom. The van der Waals surface area contributed by atoms with Crippen LogP contribution < -0.4 is 0 Å². The molecular weight excluding hydrogens is 315 g/mol. The molecule has 1 rings (SSSR count). The molecule has 116 valence electrons. The summed E-state index contributed by atoms with van der Waals surface area (Å²) in [5.41, 5.74) is -0.867. The van der Waals surface area contributed by atoms with Crippen LogP contribution >= 0.6 is 23.2 Å². The van der Waals surface area contributed by atoms with E-state index in [9.17, 15) is 9.59 Å². The van der Waals surface area contributed by atoms with Gasteiger partial charge in [-0.05, 0) is 44.5 Å². The molecule has 0 aromatic heterocycles. The lowest BCUT2D eigenvalue weighted by Crippen LogP contribution is -2.41. The predicted octanol–water partition coefficient (Wildman–Crippen LogP) is 3.67. The Hall–Kier alpha value is -1.26. The van der Waals surface area contributed by atoms with Gasteiger partial charge in [-0.1, -0.05) is 23.2 Å². The summed E-state index contributed by atoms with van der Waals surface area (Å²) in [4.78, 5) is 24.4. The number of halogens is 2. The minimum atomic E-state index is -1.46. The van der Waals surface area contributed by atoms with Gasteiger partial charge in [-0.2, -0.15) is 0 Å². The zero-order valence-corrected chi connectivity index (χ0v) is 13.8. The second-order valence-corrected chi connectivity index (χ2v) is 5.53. The van der Waals surface area contributed by atoms with Gasteiger partial charge in [0.05, 0.1) is 13.2 Å². The molecule has 0 saturated heterocycles. The van der Waals surface area contributed by atoms with Gasteiger partial charge >= 0.3 is 11.9 Å². The van der Waals surface area contributed by atoms with E-state index in [2.05, 4.69) is 0 Å². The Balaban J connectivity index is 3.15. The summed E-state index contributed by atoms with van der Waals surface area (Å²) in [6.07, 6.45) is 0.0596. The quantitative estimate of drug-likeness (QED) is 0.589. The number of benzene rings is 1. The van der Waals surface area contributed by atoms with Crippen molar-refractivity contribution in [2.75, 3.05) is 13.2 Å². The second kappa shape index (κ2) is 7.66. The van der Waals surface area contributed by atoms with Crippen molar-refractivity contribution in [3.05, 3.63) is 33.8 Å². The minimum Gasteiger partial charge on any atom is -0.465 e. The monoisotopic (exact) mass is 332 g/mol. The third-order valence-corrected chi connectivity index (χ3v) is 3.61. The van der Waals surface area contributed by atoms with Crippen molar-refractivity contribution in [1.29, 1.82) is 0 Å². The molecule has 21 heavy (non-hydrogen) atoms. The van der Waals surface area contributed by atoms with Crippen LogP contribution in [0.15, 0.2) is 18.2 Å². The highest BCUT2D eigenvalue weighted by atomic mass is 35.5. The van der Waals surface area contributed by atoms with Gasteiger partial charge in [-0.3, -0.25) is 9.59 Å². The van der Waals surface area contributed by atoms with E-state index in [0.717, 1.165) is 0 Å². The van der Waals surface area contributed by atoms with Crippen LogP contribution in [0.3, 0.4) is 0 Å². The molecule has 6 heteroatoms. The lowest BCUT2D eigenvalue weighted by atomic mass is 9.83. The molecule has 0 aliphatic carbocycles. The Bertz CT molecular complexity index is 510. The van der Waals surface area contributed by atoms with Crippen LogP contribution in [0.4, 0.5) is 0 Å². The van der Waals surface area contributed by atoms with Crippen LogP contribution in [-0.4, -0.2) is 25.2 Å². The maximum Gasteiger partial charge on any atom is 0.323 e. The summed E-state index contributed by atoms with van der Waals surface area (Å²) in [7, 11) is 0. The molecule has 0 aliphatic rings. The third kappa shape index (κ3) is 4.35. The molecule has 0 spiro atoms. The number of hydrogen-bond donors (Lipinski definition) is 0. The summed E-state index contributed by atoms with van der Waals surface area (Å²) < 4.78 is 10.0. The third-order valence-electron chi connectivity index (χ3n) is 3.00. The molecule has 0 radical (unpaired) electrons. The standard InChI is InChI=1S/C15H18Cl2O4/c1-4-20-13(18)15(3,14(19)21-5-2)9-10-8-11(16)6-7-12(10)17/h6-8H,4-5,9H2,1-3H3. The highest BCUT2D eigenvalue weighted by Crippen LogP contribution is 2.31. The predicted molar refractivity (Wildman–Crippen MR) is 81.5 cm³/mol. The Kier molecular flexibility index (Phi) is 6.49. The normalized spacial score (nSPS) is 11.1. The molecular formula is C15H18Cl2O4. The van der Waals surface area contributed by atoms with E-state index < -0.39 is 17.4 Å². The van der Waals surface area contributed by atoms with Crippen molar-refractivity contribution >= 4 is 35.1 Å². The number of carbonyl (C=O) groups is 2. The van der Waals surface area contributed by atoms with Crippen molar-refractivity contribution < 1.29 is 19.1 Å². The van der Waals surface area contributed by atoms with Crippen LogP contribution in [-0.2, 0) is 25.5 Å². The molecule has 0 aliphatic heterocycles. The van der Waals surface area contributed by atoms with Gasteiger partial charge in [0, 0.05) is 16.5 Å². The van der Waals surface area contributed by atoms with Gasteiger partial charge in [0.25, 0.3) is 0 Å². The van der Waals surface area contributed by atoms with Gasteiger partial charge in [0.2, 0.25) is 0 Å². The van der Waals surface area contributed by atoms with E-state index >= 15 is 0 Å².